The van der Waals surface area contributed by atoms with E-state index in [2.05, 4.69) is 48.2 Å². The largest absolute Gasteiger partial charge is 0.391 e. The SMILES string of the molecule is Cc1ncsc1-c1ccc(CNC(=O)[C@@H]2C[C@@H](O)CN2C(=O)[C@@H](NC(=O)CCOCCOCCOCCOCCOCCC(=O)NCCn2ncc3cc(C(=O)Nc4ccc5nc(CN6CCC[C@@H]6C)[nH]c5c4)ccc32)C(C)(C)C)cc1. The minimum atomic E-state index is -0.938. The number of aromatic nitrogens is 5. The Hall–Kier alpha value is -6.70. The number of likely N-dealkylation sites (tertiary alicyclic amines) is 2. The summed E-state index contributed by atoms with van der Waals surface area (Å²) in [6.07, 6.45) is 3.59. The average molecular weight is 1150 g/mol. The maximum absolute atomic E-state index is 14.0. The molecule has 442 valence electrons. The third-order valence-corrected chi connectivity index (χ3v) is 15.5. The van der Waals surface area contributed by atoms with Crippen LogP contribution in [0.15, 0.2) is 72.4 Å². The molecule has 2 saturated heterocycles. The van der Waals surface area contributed by atoms with Crippen molar-refractivity contribution in [3.05, 3.63) is 95.0 Å². The van der Waals surface area contributed by atoms with Crippen LogP contribution in [0.2, 0.25) is 0 Å². The molecule has 2 aliphatic heterocycles. The first-order valence-electron chi connectivity index (χ1n) is 28.3. The minimum absolute atomic E-state index is 0.0118. The van der Waals surface area contributed by atoms with Gasteiger partial charge in [0.05, 0.1) is 124 Å². The summed E-state index contributed by atoms with van der Waals surface area (Å²) in [5.74, 6) is -0.606. The highest BCUT2D eigenvalue weighted by Crippen LogP contribution is 2.29. The van der Waals surface area contributed by atoms with Crippen molar-refractivity contribution in [2.75, 3.05) is 91.0 Å². The van der Waals surface area contributed by atoms with Gasteiger partial charge in [-0.05, 0) is 86.2 Å². The van der Waals surface area contributed by atoms with E-state index in [1.807, 2.05) is 87.8 Å². The summed E-state index contributed by atoms with van der Waals surface area (Å²) in [6, 6.07) is 17.7. The third kappa shape index (κ3) is 17.7. The van der Waals surface area contributed by atoms with Crippen molar-refractivity contribution < 1.29 is 52.8 Å². The molecule has 22 nitrogen and oxygen atoms in total. The summed E-state index contributed by atoms with van der Waals surface area (Å²) in [4.78, 5) is 83.5. The number of fused-ring (bicyclic) bond motifs is 2. The zero-order valence-electron chi connectivity index (χ0n) is 47.7. The van der Waals surface area contributed by atoms with E-state index < -0.39 is 29.5 Å². The van der Waals surface area contributed by atoms with Gasteiger partial charge in [-0.1, -0.05) is 45.0 Å². The van der Waals surface area contributed by atoms with Crippen molar-refractivity contribution in [1.29, 1.82) is 0 Å². The molecule has 6 aromatic rings. The van der Waals surface area contributed by atoms with Crippen molar-refractivity contribution in [2.45, 2.75) is 111 Å². The zero-order chi connectivity index (χ0) is 58.0. The average Bonchev–Trinajstić information content (AvgIpc) is 4.35. The number of hydrogen-bond donors (Lipinski definition) is 6. The smallest absolute Gasteiger partial charge is 0.255 e. The number of ether oxygens (including phenoxy) is 5. The number of H-pyrrole nitrogens is 1. The number of imidazole rings is 1. The van der Waals surface area contributed by atoms with Crippen LogP contribution in [0.1, 0.15) is 87.2 Å². The van der Waals surface area contributed by atoms with Gasteiger partial charge in [0.2, 0.25) is 23.6 Å². The van der Waals surface area contributed by atoms with Gasteiger partial charge in [0, 0.05) is 61.6 Å². The lowest BCUT2D eigenvalue weighted by Gasteiger charge is -2.35. The van der Waals surface area contributed by atoms with E-state index in [0.29, 0.717) is 76.6 Å². The zero-order valence-corrected chi connectivity index (χ0v) is 48.5. The highest BCUT2D eigenvalue weighted by Gasteiger charge is 2.44. The van der Waals surface area contributed by atoms with Crippen molar-refractivity contribution in [2.24, 2.45) is 5.41 Å². The van der Waals surface area contributed by atoms with E-state index in [4.69, 9.17) is 28.7 Å². The topological polar surface area (TPSA) is 266 Å². The Bertz CT molecular complexity index is 3070. The number of amides is 5. The first-order valence-corrected chi connectivity index (χ1v) is 29.2. The summed E-state index contributed by atoms with van der Waals surface area (Å²) in [7, 11) is 0. The lowest BCUT2D eigenvalue weighted by atomic mass is 9.85. The molecule has 5 amide bonds. The number of hydrogen-bond acceptors (Lipinski definition) is 16. The number of aliphatic hydroxyl groups excluding tert-OH is 1. The number of thiazole rings is 1. The highest BCUT2D eigenvalue weighted by molar-refractivity contribution is 7.13. The Morgan fingerprint density at radius 1 is 0.841 bits per heavy atom. The molecule has 4 atom stereocenters. The fourth-order valence-corrected chi connectivity index (χ4v) is 10.8. The van der Waals surface area contributed by atoms with Gasteiger partial charge >= 0.3 is 0 Å². The van der Waals surface area contributed by atoms with E-state index in [1.54, 1.807) is 28.3 Å². The summed E-state index contributed by atoms with van der Waals surface area (Å²) < 4.78 is 29.7. The highest BCUT2D eigenvalue weighted by atomic mass is 32.1. The van der Waals surface area contributed by atoms with Crippen LogP contribution in [0, 0.1) is 12.3 Å². The number of carbonyl (C=O) groups is 5. The number of carbonyl (C=O) groups excluding carboxylic acids is 5. The number of aromatic amines is 1. The predicted molar refractivity (Wildman–Crippen MR) is 311 cm³/mol. The van der Waals surface area contributed by atoms with Gasteiger partial charge in [0.1, 0.15) is 17.9 Å². The standard InChI is InChI=1S/C59H79N11O11S/c1-39-7-6-19-68(39)37-51-65-47-14-13-45(32-48(47)66-51)64-56(74)43-12-15-49-44(31-43)35-63-70(49)20-18-60-52(72)16-21-77-23-25-79-27-29-81-30-28-80-26-24-78-22-17-53(73)67-55(59(3,4)5)58(76)69-36-46(71)33-50(69)57(75)61-34-41-8-10-42(11-9-41)54-40(2)62-38-82-54/h8-15,31-32,35,38-39,46,50,55,71H,6-7,16-30,33-34,36-37H2,1-5H3,(H,60,72)(H,61,75)(H,64,74)(H,65,66)(H,67,73)/t39-,46+,50-,55+/m0/s1. The second-order valence-electron chi connectivity index (χ2n) is 21.8. The second kappa shape index (κ2) is 30.0. The normalized spacial score (nSPS) is 17.0. The molecular formula is C59H79N11O11S. The number of aryl methyl sites for hydroxylation is 1. The summed E-state index contributed by atoms with van der Waals surface area (Å²) in [5.41, 5.74) is 7.82. The number of β-amino-alcohol motifs (C(OH)–C–C–N with tert-alkyl or cyclic N) is 1. The quantitative estimate of drug-likeness (QED) is 0.0299. The molecule has 82 heavy (non-hydrogen) atoms. The molecule has 0 aliphatic carbocycles. The van der Waals surface area contributed by atoms with Crippen LogP contribution in [-0.4, -0.2) is 179 Å². The van der Waals surface area contributed by atoms with Gasteiger partial charge in [0.15, 0.2) is 0 Å². The maximum Gasteiger partial charge on any atom is 0.255 e. The van der Waals surface area contributed by atoms with Crippen LogP contribution < -0.4 is 21.3 Å². The summed E-state index contributed by atoms with van der Waals surface area (Å²) in [5, 5.41) is 27.5. The van der Waals surface area contributed by atoms with E-state index in [1.165, 1.54) is 17.7 Å². The number of nitrogens with zero attached hydrogens (tertiary/aromatic N) is 6. The molecule has 6 N–H and O–H groups in total. The van der Waals surface area contributed by atoms with Crippen molar-refractivity contribution in [1.82, 2.24) is 50.5 Å². The number of nitrogens with one attached hydrogen (secondary N) is 5. The molecule has 23 heteroatoms. The fourth-order valence-electron chi connectivity index (χ4n) is 9.96. The molecule has 2 fully saturated rings. The number of benzene rings is 3. The maximum atomic E-state index is 14.0. The van der Waals surface area contributed by atoms with E-state index >= 15 is 0 Å². The summed E-state index contributed by atoms with van der Waals surface area (Å²) in [6.45, 7) is 15.8. The van der Waals surface area contributed by atoms with Crippen LogP contribution in [-0.2, 0) is 62.5 Å². The van der Waals surface area contributed by atoms with Crippen molar-refractivity contribution in [3.63, 3.8) is 0 Å². The molecule has 0 spiro atoms. The Labute approximate surface area is 482 Å². The number of anilines is 1. The lowest BCUT2D eigenvalue weighted by Crippen LogP contribution is -2.57. The molecule has 3 aromatic carbocycles. The molecule has 0 radical (unpaired) electrons. The molecule has 3 aromatic heterocycles. The van der Waals surface area contributed by atoms with Gasteiger partial charge in [-0.3, -0.25) is 33.6 Å². The first-order chi connectivity index (χ1) is 39.6. The number of aliphatic hydroxyl groups is 1. The Morgan fingerprint density at radius 3 is 2.17 bits per heavy atom. The van der Waals surface area contributed by atoms with E-state index in [9.17, 15) is 29.1 Å². The second-order valence-corrected chi connectivity index (χ2v) is 22.7. The Balaban J connectivity index is 0.606. The summed E-state index contributed by atoms with van der Waals surface area (Å²) >= 11 is 1.57. The van der Waals surface area contributed by atoms with Crippen LogP contribution >= 0.6 is 11.3 Å². The molecule has 0 saturated carbocycles. The van der Waals surface area contributed by atoms with Gasteiger partial charge in [-0.15, -0.1) is 11.3 Å². The van der Waals surface area contributed by atoms with Crippen LogP contribution in [0.25, 0.3) is 32.4 Å². The van der Waals surface area contributed by atoms with Crippen LogP contribution in [0.5, 0.6) is 0 Å². The molecule has 8 rings (SSSR count). The molecule has 5 heterocycles. The van der Waals surface area contributed by atoms with Gasteiger partial charge in [-0.25, -0.2) is 9.97 Å². The minimum Gasteiger partial charge on any atom is -0.391 e. The van der Waals surface area contributed by atoms with Gasteiger partial charge < -0.3 is 59.9 Å². The van der Waals surface area contributed by atoms with Crippen molar-refractivity contribution in [3.8, 4) is 10.4 Å². The Morgan fingerprint density at radius 2 is 1.52 bits per heavy atom. The van der Waals surface area contributed by atoms with Crippen molar-refractivity contribution >= 4 is 68.5 Å². The molecule has 0 unspecified atom stereocenters. The third-order valence-electron chi connectivity index (χ3n) is 14.5. The fraction of sp³-hybridized carbons (Fsp3) is 0.525. The van der Waals surface area contributed by atoms with E-state index in [-0.39, 0.29) is 75.8 Å². The van der Waals surface area contributed by atoms with Crippen LogP contribution in [0.3, 0.4) is 0 Å². The molecule has 2 aliphatic rings. The monoisotopic (exact) mass is 1150 g/mol. The lowest BCUT2D eigenvalue weighted by molar-refractivity contribution is -0.144. The number of rotatable bonds is 31. The first kappa shape index (κ1) is 61.4. The Kier molecular flexibility index (Phi) is 22.5. The van der Waals surface area contributed by atoms with E-state index in [0.717, 1.165) is 62.5 Å². The predicted octanol–water partition coefficient (Wildman–Crippen LogP) is 5.37. The van der Waals surface area contributed by atoms with Crippen LogP contribution in [0.4, 0.5) is 5.69 Å². The molecule has 0 bridgehead atoms. The van der Waals surface area contributed by atoms with Gasteiger partial charge in [-0.2, -0.15) is 5.10 Å². The van der Waals surface area contributed by atoms with Gasteiger partial charge in [0.25, 0.3) is 5.91 Å². The molecular weight excluding hydrogens is 1070 g/mol.